The highest BCUT2D eigenvalue weighted by Gasteiger charge is 2.24. The van der Waals surface area contributed by atoms with Crippen LogP contribution in [0.15, 0.2) is 0 Å². The maximum Gasteiger partial charge on any atom is 0.303 e. The molecule has 22 heavy (non-hydrogen) atoms. The number of carboxylic acid groups (broad SMARTS) is 1. The van der Waals surface area contributed by atoms with E-state index in [4.69, 9.17) is 4.74 Å². The predicted octanol–water partition coefficient (Wildman–Crippen LogP) is 3.62. The van der Waals surface area contributed by atoms with Crippen molar-refractivity contribution in [3.63, 3.8) is 0 Å². The SMILES string of the molecule is CCCCCCCCCC(CCCC)C(OC(C)=O)C(=O)[O-]. The molecule has 0 aromatic rings. The molecule has 0 aliphatic heterocycles. The van der Waals surface area contributed by atoms with Crippen LogP contribution in [-0.4, -0.2) is 18.0 Å². The van der Waals surface area contributed by atoms with Crippen molar-refractivity contribution in [2.24, 2.45) is 5.92 Å². The molecule has 4 nitrogen and oxygen atoms in total. The Morgan fingerprint density at radius 1 is 0.864 bits per heavy atom. The van der Waals surface area contributed by atoms with E-state index in [1.807, 2.05) is 0 Å². The van der Waals surface area contributed by atoms with Crippen molar-refractivity contribution in [2.45, 2.75) is 97.5 Å². The third-order valence-corrected chi connectivity index (χ3v) is 4.06. The normalized spacial score (nSPS) is 13.6. The summed E-state index contributed by atoms with van der Waals surface area (Å²) in [7, 11) is 0. The summed E-state index contributed by atoms with van der Waals surface area (Å²) in [6.07, 6.45) is 10.8. The van der Waals surface area contributed by atoms with E-state index in [1.54, 1.807) is 0 Å². The molecule has 2 unspecified atom stereocenters. The minimum absolute atomic E-state index is 0.121. The fourth-order valence-corrected chi connectivity index (χ4v) is 2.79. The maximum absolute atomic E-state index is 11.3. The van der Waals surface area contributed by atoms with E-state index in [0.717, 1.165) is 38.5 Å². The molecule has 0 rings (SSSR count). The van der Waals surface area contributed by atoms with Gasteiger partial charge in [-0.25, -0.2) is 0 Å². The van der Waals surface area contributed by atoms with Crippen LogP contribution >= 0.6 is 0 Å². The molecule has 0 fully saturated rings. The minimum atomic E-state index is -1.26. The van der Waals surface area contributed by atoms with Crippen molar-refractivity contribution < 1.29 is 19.4 Å². The molecular formula is C18H33O4-. The Labute approximate surface area is 135 Å². The summed E-state index contributed by atoms with van der Waals surface area (Å²) in [5.74, 6) is -1.93. The van der Waals surface area contributed by atoms with Gasteiger partial charge in [-0.1, -0.05) is 71.6 Å². The van der Waals surface area contributed by atoms with Crippen LogP contribution in [-0.2, 0) is 14.3 Å². The number of carboxylic acids is 1. The topological polar surface area (TPSA) is 66.4 Å². The van der Waals surface area contributed by atoms with E-state index in [0.29, 0.717) is 0 Å². The number of aliphatic carboxylic acids is 1. The Balaban J connectivity index is 4.24. The standard InChI is InChI=1S/C18H34O4/c1-4-6-8-9-10-11-12-14-16(13-7-5-2)17(18(20)21)22-15(3)19/h16-17H,4-14H2,1-3H3,(H,20,21)/p-1. The zero-order valence-corrected chi connectivity index (χ0v) is 14.6. The van der Waals surface area contributed by atoms with Crippen LogP contribution in [0.2, 0.25) is 0 Å². The lowest BCUT2D eigenvalue weighted by Gasteiger charge is -2.27. The van der Waals surface area contributed by atoms with Gasteiger partial charge in [0.2, 0.25) is 0 Å². The van der Waals surface area contributed by atoms with E-state index in [9.17, 15) is 14.7 Å². The second kappa shape index (κ2) is 13.6. The first kappa shape index (κ1) is 20.9. The molecule has 0 N–H and O–H groups in total. The number of ether oxygens (including phenoxy) is 1. The molecular weight excluding hydrogens is 280 g/mol. The molecule has 0 amide bonds. The number of rotatable bonds is 14. The van der Waals surface area contributed by atoms with Crippen molar-refractivity contribution in [2.75, 3.05) is 0 Å². The zero-order valence-electron chi connectivity index (χ0n) is 14.6. The van der Waals surface area contributed by atoms with Crippen molar-refractivity contribution >= 4 is 11.9 Å². The highest BCUT2D eigenvalue weighted by molar-refractivity contribution is 5.75. The van der Waals surface area contributed by atoms with Crippen LogP contribution < -0.4 is 5.11 Å². The predicted molar refractivity (Wildman–Crippen MR) is 86.2 cm³/mol. The molecule has 0 heterocycles. The molecule has 4 heteroatoms. The average Bonchev–Trinajstić information content (AvgIpc) is 2.47. The lowest BCUT2D eigenvalue weighted by molar-refractivity contribution is -0.318. The smallest absolute Gasteiger partial charge is 0.303 e. The molecule has 0 spiro atoms. The average molecular weight is 313 g/mol. The fraction of sp³-hybridized carbons (Fsp3) is 0.889. The van der Waals surface area contributed by atoms with Gasteiger partial charge in [-0.05, 0) is 12.8 Å². The summed E-state index contributed by atoms with van der Waals surface area (Å²) >= 11 is 0. The van der Waals surface area contributed by atoms with Gasteiger partial charge in [-0.3, -0.25) is 4.79 Å². The summed E-state index contributed by atoms with van der Waals surface area (Å²) in [4.78, 5) is 22.4. The van der Waals surface area contributed by atoms with Gasteiger partial charge in [0.05, 0.1) is 5.97 Å². The number of esters is 1. The number of hydrogen-bond acceptors (Lipinski definition) is 4. The van der Waals surface area contributed by atoms with Crippen LogP contribution in [0.5, 0.6) is 0 Å². The molecule has 0 aromatic carbocycles. The fourth-order valence-electron chi connectivity index (χ4n) is 2.79. The van der Waals surface area contributed by atoms with Crippen LogP contribution in [0.4, 0.5) is 0 Å². The van der Waals surface area contributed by atoms with E-state index in [1.165, 1.54) is 39.0 Å². The molecule has 0 aliphatic carbocycles. The van der Waals surface area contributed by atoms with E-state index < -0.39 is 18.0 Å². The monoisotopic (exact) mass is 313 g/mol. The second-order valence-electron chi connectivity index (χ2n) is 6.16. The summed E-state index contributed by atoms with van der Waals surface area (Å²) in [6, 6.07) is 0. The number of carbonyl (C=O) groups is 2. The molecule has 2 atom stereocenters. The lowest BCUT2D eigenvalue weighted by Crippen LogP contribution is -2.43. The first-order valence-electron chi connectivity index (χ1n) is 8.90. The molecule has 0 saturated heterocycles. The molecule has 130 valence electrons. The summed E-state index contributed by atoms with van der Waals surface area (Å²) in [5.41, 5.74) is 0. The Morgan fingerprint density at radius 3 is 1.86 bits per heavy atom. The van der Waals surface area contributed by atoms with Gasteiger partial charge in [0.25, 0.3) is 0 Å². The first-order chi connectivity index (χ1) is 10.5. The summed E-state index contributed by atoms with van der Waals surface area (Å²) < 4.78 is 4.98. The van der Waals surface area contributed by atoms with Crippen molar-refractivity contribution in [3.05, 3.63) is 0 Å². The Bertz CT molecular complexity index is 301. The molecule has 0 aliphatic rings. The van der Waals surface area contributed by atoms with Crippen molar-refractivity contribution in [1.29, 1.82) is 0 Å². The minimum Gasteiger partial charge on any atom is -0.546 e. The summed E-state index contributed by atoms with van der Waals surface area (Å²) in [6.45, 7) is 5.53. The van der Waals surface area contributed by atoms with Gasteiger partial charge in [0.1, 0.15) is 6.10 Å². The molecule has 0 aromatic heterocycles. The van der Waals surface area contributed by atoms with Crippen LogP contribution in [0.25, 0.3) is 0 Å². The number of hydrogen-bond donors (Lipinski definition) is 0. The zero-order chi connectivity index (χ0) is 16.8. The van der Waals surface area contributed by atoms with Gasteiger partial charge in [0.15, 0.2) is 0 Å². The number of unbranched alkanes of at least 4 members (excludes halogenated alkanes) is 7. The van der Waals surface area contributed by atoms with Crippen LogP contribution in [0.3, 0.4) is 0 Å². The lowest BCUT2D eigenvalue weighted by atomic mass is 9.90. The van der Waals surface area contributed by atoms with Gasteiger partial charge in [0, 0.05) is 12.8 Å². The van der Waals surface area contributed by atoms with Gasteiger partial charge in [-0.2, -0.15) is 0 Å². The van der Waals surface area contributed by atoms with Gasteiger partial charge in [-0.15, -0.1) is 0 Å². The first-order valence-corrected chi connectivity index (χ1v) is 8.90. The summed E-state index contributed by atoms with van der Waals surface area (Å²) in [5, 5.41) is 11.3. The third-order valence-electron chi connectivity index (χ3n) is 4.06. The molecule has 0 radical (unpaired) electrons. The maximum atomic E-state index is 11.3. The quantitative estimate of drug-likeness (QED) is 0.363. The van der Waals surface area contributed by atoms with Gasteiger partial charge >= 0.3 is 5.97 Å². The Morgan fingerprint density at radius 2 is 1.36 bits per heavy atom. The molecule has 0 saturated carbocycles. The Hall–Kier alpha value is -1.06. The van der Waals surface area contributed by atoms with Crippen LogP contribution in [0, 0.1) is 5.92 Å². The van der Waals surface area contributed by atoms with Crippen LogP contribution in [0.1, 0.15) is 91.4 Å². The van der Waals surface area contributed by atoms with E-state index in [-0.39, 0.29) is 5.92 Å². The highest BCUT2D eigenvalue weighted by Crippen LogP contribution is 2.23. The largest absolute Gasteiger partial charge is 0.546 e. The Kier molecular flexibility index (Phi) is 12.9. The third kappa shape index (κ3) is 10.6. The van der Waals surface area contributed by atoms with Crippen molar-refractivity contribution in [1.82, 2.24) is 0 Å². The van der Waals surface area contributed by atoms with Crippen molar-refractivity contribution in [3.8, 4) is 0 Å². The highest BCUT2D eigenvalue weighted by atomic mass is 16.6. The second-order valence-corrected chi connectivity index (χ2v) is 6.16. The molecule has 0 bridgehead atoms. The van der Waals surface area contributed by atoms with E-state index >= 15 is 0 Å². The number of carbonyl (C=O) groups excluding carboxylic acids is 2. The van der Waals surface area contributed by atoms with E-state index in [2.05, 4.69) is 13.8 Å². The van der Waals surface area contributed by atoms with Gasteiger partial charge < -0.3 is 14.6 Å².